The van der Waals surface area contributed by atoms with Crippen LogP contribution in [0.15, 0.2) is 40.8 Å². The van der Waals surface area contributed by atoms with Gasteiger partial charge in [-0.3, -0.25) is 0 Å². The van der Waals surface area contributed by atoms with Gasteiger partial charge >= 0.3 is 0 Å². The predicted molar refractivity (Wildman–Crippen MR) is 55.3 cm³/mol. The number of nitrogens with zero attached hydrogens (tertiary/aromatic N) is 2. The van der Waals surface area contributed by atoms with E-state index in [1.807, 2.05) is 6.21 Å². The lowest BCUT2D eigenvalue weighted by Crippen LogP contribution is -2.28. The highest BCUT2D eigenvalue weighted by atomic mass is 15.2. The fourth-order valence-corrected chi connectivity index (χ4v) is 1.64. The lowest BCUT2D eigenvalue weighted by molar-refractivity contribution is 0.408. The Morgan fingerprint density at radius 2 is 2.23 bits per heavy atom. The third-order valence-electron chi connectivity index (χ3n) is 2.30. The molecule has 2 rings (SSSR count). The summed E-state index contributed by atoms with van der Waals surface area (Å²) < 4.78 is 0. The summed E-state index contributed by atoms with van der Waals surface area (Å²) in [6.07, 6.45) is 10.3. The topological polar surface area (TPSA) is 15.6 Å². The van der Waals surface area contributed by atoms with Crippen molar-refractivity contribution in [2.24, 2.45) is 10.9 Å². The lowest BCUT2D eigenvalue weighted by Gasteiger charge is -2.32. The minimum absolute atomic E-state index is 0.557. The van der Waals surface area contributed by atoms with E-state index in [2.05, 4.69) is 48.0 Å². The van der Waals surface area contributed by atoms with E-state index < -0.39 is 0 Å². The maximum Gasteiger partial charge on any atom is 0.132 e. The van der Waals surface area contributed by atoms with E-state index in [0.29, 0.717) is 5.92 Å². The van der Waals surface area contributed by atoms with Crippen LogP contribution in [0.25, 0.3) is 0 Å². The molecule has 0 spiro atoms. The molecule has 0 atom stereocenters. The van der Waals surface area contributed by atoms with Gasteiger partial charge in [-0.15, -0.1) is 0 Å². The summed E-state index contributed by atoms with van der Waals surface area (Å²) in [4.78, 5) is 6.57. The van der Waals surface area contributed by atoms with Crippen molar-refractivity contribution in [1.29, 1.82) is 0 Å². The third kappa shape index (κ3) is 1.44. The van der Waals surface area contributed by atoms with Crippen molar-refractivity contribution < 1.29 is 0 Å². The number of aliphatic imine (C=N–C) groups is 1. The van der Waals surface area contributed by atoms with Crippen LogP contribution in [0.1, 0.15) is 13.8 Å². The van der Waals surface area contributed by atoms with Crippen LogP contribution < -0.4 is 0 Å². The van der Waals surface area contributed by atoms with E-state index in [0.717, 1.165) is 12.4 Å². The van der Waals surface area contributed by atoms with Gasteiger partial charge in [0.15, 0.2) is 0 Å². The Labute approximate surface area is 79.0 Å². The first-order chi connectivity index (χ1) is 6.29. The first-order valence-corrected chi connectivity index (χ1v) is 4.67. The van der Waals surface area contributed by atoms with Crippen LogP contribution in [0.3, 0.4) is 0 Å². The summed E-state index contributed by atoms with van der Waals surface area (Å²) in [5.41, 5.74) is 1.35. The highest BCUT2D eigenvalue weighted by Crippen LogP contribution is 2.25. The summed E-state index contributed by atoms with van der Waals surface area (Å²) in [5.74, 6) is 1.62. The van der Waals surface area contributed by atoms with Crippen molar-refractivity contribution in [3.05, 3.63) is 35.8 Å². The molecular weight excluding hydrogens is 160 g/mol. The van der Waals surface area contributed by atoms with Gasteiger partial charge in [0.2, 0.25) is 0 Å². The normalized spacial score (nSPS) is 20.1. The molecule has 0 amide bonds. The number of fused-ring (bicyclic) bond motifs is 1. The quantitative estimate of drug-likeness (QED) is 0.595. The first kappa shape index (κ1) is 8.30. The van der Waals surface area contributed by atoms with Gasteiger partial charge in [0, 0.05) is 18.5 Å². The minimum Gasteiger partial charge on any atom is -0.326 e. The van der Waals surface area contributed by atoms with E-state index in [4.69, 9.17) is 0 Å². The fraction of sp³-hybridized carbons (Fsp3) is 0.364. The van der Waals surface area contributed by atoms with Crippen LogP contribution in [0.5, 0.6) is 0 Å². The van der Waals surface area contributed by atoms with Crippen LogP contribution in [-0.2, 0) is 0 Å². The van der Waals surface area contributed by atoms with Crippen molar-refractivity contribution in [3.63, 3.8) is 0 Å². The number of hydrogen-bond donors (Lipinski definition) is 0. The lowest BCUT2D eigenvalue weighted by atomic mass is 10.1. The molecule has 0 aromatic rings. The van der Waals surface area contributed by atoms with Crippen molar-refractivity contribution in [3.8, 4) is 0 Å². The Morgan fingerprint density at radius 1 is 1.38 bits per heavy atom. The van der Waals surface area contributed by atoms with Gasteiger partial charge in [-0.1, -0.05) is 26.0 Å². The van der Waals surface area contributed by atoms with Crippen molar-refractivity contribution in [1.82, 2.24) is 4.90 Å². The van der Waals surface area contributed by atoms with E-state index >= 15 is 0 Å². The highest BCUT2D eigenvalue weighted by Gasteiger charge is 2.18. The zero-order chi connectivity index (χ0) is 9.26. The molecule has 0 aromatic heterocycles. The van der Waals surface area contributed by atoms with Gasteiger partial charge in [-0.05, 0) is 18.1 Å². The van der Waals surface area contributed by atoms with Crippen molar-refractivity contribution in [2.45, 2.75) is 13.8 Å². The molecule has 2 nitrogen and oxygen atoms in total. The number of rotatable bonds is 1. The molecule has 2 aliphatic rings. The summed E-state index contributed by atoms with van der Waals surface area (Å²) in [6, 6.07) is 0. The standard InChI is InChI=1S/C11H14N2/c1-9(2)10-6-7-12-11-5-3-4-8-13(10)11/h3-7,9H,8H2,1-2H3. The fourth-order valence-electron chi connectivity index (χ4n) is 1.64. The molecule has 2 aliphatic heterocycles. The summed E-state index contributed by atoms with van der Waals surface area (Å²) in [7, 11) is 0. The van der Waals surface area contributed by atoms with Crippen LogP contribution in [0.4, 0.5) is 0 Å². The molecule has 0 aliphatic carbocycles. The van der Waals surface area contributed by atoms with Gasteiger partial charge < -0.3 is 4.90 Å². The second-order valence-electron chi connectivity index (χ2n) is 3.59. The number of hydrogen-bond acceptors (Lipinski definition) is 2. The molecule has 2 heteroatoms. The zero-order valence-electron chi connectivity index (χ0n) is 8.07. The highest BCUT2D eigenvalue weighted by molar-refractivity contribution is 5.75. The van der Waals surface area contributed by atoms with E-state index in [-0.39, 0.29) is 0 Å². The molecule has 0 saturated heterocycles. The Balaban J connectivity index is 2.32. The van der Waals surface area contributed by atoms with Gasteiger partial charge in [0.05, 0.1) is 0 Å². The van der Waals surface area contributed by atoms with E-state index in [9.17, 15) is 0 Å². The molecular formula is C11H14N2. The predicted octanol–water partition coefficient (Wildman–Crippen LogP) is 2.32. The maximum atomic E-state index is 4.32. The molecule has 0 unspecified atom stereocenters. The monoisotopic (exact) mass is 174 g/mol. The molecule has 13 heavy (non-hydrogen) atoms. The van der Waals surface area contributed by atoms with Gasteiger partial charge in [-0.25, -0.2) is 4.99 Å². The number of allylic oxidation sites excluding steroid dienone is 4. The average molecular weight is 174 g/mol. The van der Waals surface area contributed by atoms with Crippen LogP contribution >= 0.6 is 0 Å². The van der Waals surface area contributed by atoms with Gasteiger partial charge in [0.1, 0.15) is 5.82 Å². The second-order valence-corrected chi connectivity index (χ2v) is 3.59. The molecule has 68 valence electrons. The van der Waals surface area contributed by atoms with Gasteiger partial charge in [-0.2, -0.15) is 0 Å². The average Bonchev–Trinajstić information content (AvgIpc) is 2.17. The molecule has 0 bridgehead atoms. The van der Waals surface area contributed by atoms with Crippen molar-refractivity contribution in [2.75, 3.05) is 6.54 Å². The summed E-state index contributed by atoms with van der Waals surface area (Å²) >= 11 is 0. The minimum atomic E-state index is 0.557. The molecule has 0 saturated carbocycles. The second kappa shape index (κ2) is 3.21. The van der Waals surface area contributed by atoms with Gasteiger partial charge in [0.25, 0.3) is 0 Å². The SMILES string of the molecule is CC(C)C1=CC=NC2=CC=CCN21. The summed E-state index contributed by atoms with van der Waals surface area (Å²) in [5, 5.41) is 0. The molecule has 0 radical (unpaired) electrons. The Kier molecular flexibility index (Phi) is 2.05. The molecule has 0 fully saturated rings. The summed E-state index contributed by atoms with van der Waals surface area (Å²) in [6.45, 7) is 5.37. The Morgan fingerprint density at radius 3 is 3.00 bits per heavy atom. The van der Waals surface area contributed by atoms with Crippen LogP contribution in [0.2, 0.25) is 0 Å². The van der Waals surface area contributed by atoms with Crippen molar-refractivity contribution >= 4 is 6.21 Å². The Hall–Kier alpha value is -1.31. The molecule has 0 aromatic carbocycles. The smallest absolute Gasteiger partial charge is 0.132 e. The van der Waals surface area contributed by atoms with E-state index in [1.54, 1.807) is 0 Å². The van der Waals surface area contributed by atoms with Crippen LogP contribution in [-0.4, -0.2) is 17.7 Å². The zero-order valence-corrected chi connectivity index (χ0v) is 8.07. The molecule has 0 N–H and O–H groups in total. The largest absolute Gasteiger partial charge is 0.326 e. The Bertz CT molecular complexity index is 319. The first-order valence-electron chi connectivity index (χ1n) is 4.67. The van der Waals surface area contributed by atoms with Crippen LogP contribution in [0, 0.1) is 5.92 Å². The third-order valence-corrected chi connectivity index (χ3v) is 2.30. The maximum absolute atomic E-state index is 4.32. The van der Waals surface area contributed by atoms with E-state index in [1.165, 1.54) is 5.70 Å². The molecule has 2 heterocycles.